The molecule has 2 aliphatic heterocycles. The van der Waals surface area contributed by atoms with Crippen LogP contribution in [0.4, 0.5) is 4.79 Å². The fraction of sp³-hybridized carbons (Fsp3) is 0.417. The molecule has 48 heavy (non-hydrogen) atoms. The van der Waals surface area contributed by atoms with Crippen LogP contribution >= 0.6 is 23.2 Å². The molecule has 0 N–H and O–H groups in total. The third kappa shape index (κ3) is 8.33. The van der Waals surface area contributed by atoms with Gasteiger partial charge in [-0.05, 0) is 65.4 Å². The Balaban J connectivity index is 0.00000520. The van der Waals surface area contributed by atoms with Crippen LogP contribution in [0, 0.1) is 0 Å². The molecule has 0 bridgehead atoms. The highest BCUT2D eigenvalue weighted by atomic mass is 35.5. The number of benzene rings is 3. The highest BCUT2D eigenvalue weighted by molar-refractivity contribution is 7.90. The minimum absolute atomic E-state index is 0. The van der Waals surface area contributed by atoms with Gasteiger partial charge in [0.1, 0.15) is 34.0 Å². The van der Waals surface area contributed by atoms with E-state index in [4.69, 9.17) is 32.9 Å². The molecule has 3 aromatic rings. The van der Waals surface area contributed by atoms with Crippen molar-refractivity contribution in [3.63, 3.8) is 0 Å². The number of amidine groups is 1. The van der Waals surface area contributed by atoms with Crippen molar-refractivity contribution in [2.24, 2.45) is 4.99 Å². The molecule has 0 aromatic heterocycles. The number of urea groups is 1. The number of halogens is 2. The van der Waals surface area contributed by atoms with E-state index < -0.39 is 28.0 Å². The minimum atomic E-state index is -3.25. The molecule has 2 heterocycles. The monoisotopic (exact) mass is 714 g/mol. The number of ether oxygens (including phenoxy) is 1. The quantitative estimate of drug-likeness (QED) is 0.246. The van der Waals surface area contributed by atoms with Crippen molar-refractivity contribution in [3.8, 4) is 5.75 Å². The molecule has 0 spiro atoms. The number of sulfone groups is 1. The molecule has 0 radical (unpaired) electrons. The average molecular weight is 716 g/mol. The van der Waals surface area contributed by atoms with Gasteiger partial charge in [0.25, 0.3) is 0 Å². The summed E-state index contributed by atoms with van der Waals surface area (Å²) in [6.45, 7) is 9.05. The molecule has 1 saturated heterocycles. The molecule has 258 valence electrons. The maximum Gasteiger partial charge on any atom is 0.326 e. The lowest BCUT2D eigenvalue weighted by Crippen LogP contribution is -2.57. The molecule has 12 heteroatoms. The zero-order valence-electron chi connectivity index (χ0n) is 27.2. The lowest BCUT2D eigenvalue weighted by molar-refractivity contribution is -0.134. The Hall–Kier alpha value is -3.60. The Morgan fingerprint density at radius 1 is 0.958 bits per heavy atom. The Labute approximate surface area is 294 Å². The van der Waals surface area contributed by atoms with E-state index in [9.17, 15) is 18.0 Å². The van der Waals surface area contributed by atoms with Crippen molar-refractivity contribution in [1.82, 2.24) is 14.7 Å². The Morgan fingerprint density at radius 2 is 1.56 bits per heavy atom. The molecule has 0 unspecified atom stereocenters. The van der Waals surface area contributed by atoms with Crippen LogP contribution < -0.4 is 4.74 Å². The zero-order chi connectivity index (χ0) is 34.1. The van der Waals surface area contributed by atoms with Gasteiger partial charge in [-0.25, -0.2) is 13.2 Å². The van der Waals surface area contributed by atoms with Crippen molar-refractivity contribution in [2.45, 2.75) is 52.6 Å². The number of piperazine rings is 1. The predicted octanol–water partition coefficient (Wildman–Crippen LogP) is 7.18. The molecule has 2 aliphatic rings. The third-order valence-corrected chi connectivity index (χ3v) is 9.83. The Kier molecular flexibility index (Phi) is 11.5. The first-order chi connectivity index (χ1) is 22.2. The van der Waals surface area contributed by atoms with Gasteiger partial charge in [-0.2, -0.15) is 0 Å². The first-order valence-corrected chi connectivity index (χ1v) is 18.4. The molecule has 3 amide bonds. The molecule has 2 atom stereocenters. The van der Waals surface area contributed by atoms with Crippen LogP contribution in [0.1, 0.15) is 69.5 Å². The standard InChI is InChI=1S/C35H40Cl2N4O5S.CH4/c1-6-46-29-21-25(35(2,3)4)11-16-28(29)33-38-31(23-7-12-26(36)13-8-23)32(24-9-14-27(37)15-10-24)41(33)34(43)40-18-17-39(30(42)22-40)19-20-47(5,44)45;/h7-16,21,31-32H,6,17-20,22H2,1-5H3;1H4/t31-,32+;/m0./s1. The fourth-order valence-electron chi connectivity index (χ4n) is 5.84. The number of amides is 3. The second kappa shape index (κ2) is 14.9. The number of carbonyl (C=O) groups is 2. The maximum absolute atomic E-state index is 14.7. The van der Waals surface area contributed by atoms with Crippen molar-refractivity contribution in [1.29, 1.82) is 0 Å². The topological polar surface area (TPSA) is 99.6 Å². The summed E-state index contributed by atoms with van der Waals surface area (Å²) in [6, 6.07) is 19.2. The first-order valence-electron chi connectivity index (χ1n) is 15.6. The van der Waals surface area contributed by atoms with E-state index in [1.54, 1.807) is 29.2 Å². The lowest BCUT2D eigenvalue weighted by Gasteiger charge is -2.38. The van der Waals surface area contributed by atoms with Crippen molar-refractivity contribution < 1.29 is 22.7 Å². The van der Waals surface area contributed by atoms with Gasteiger partial charge in [-0.3, -0.25) is 14.7 Å². The van der Waals surface area contributed by atoms with Gasteiger partial charge in [0.15, 0.2) is 0 Å². The number of carbonyl (C=O) groups excluding carboxylic acids is 2. The van der Waals surface area contributed by atoms with Crippen LogP contribution in [0.25, 0.3) is 0 Å². The van der Waals surface area contributed by atoms with E-state index >= 15 is 0 Å². The minimum Gasteiger partial charge on any atom is -0.493 e. The van der Waals surface area contributed by atoms with E-state index in [1.807, 2.05) is 49.4 Å². The van der Waals surface area contributed by atoms with E-state index in [0.717, 1.165) is 22.9 Å². The largest absolute Gasteiger partial charge is 0.493 e. The number of rotatable bonds is 8. The van der Waals surface area contributed by atoms with Gasteiger partial charge in [0.2, 0.25) is 5.91 Å². The van der Waals surface area contributed by atoms with Crippen molar-refractivity contribution >= 4 is 50.8 Å². The summed E-state index contributed by atoms with van der Waals surface area (Å²) < 4.78 is 29.7. The van der Waals surface area contributed by atoms with Crippen LogP contribution in [0.15, 0.2) is 71.7 Å². The predicted molar refractivity (Wildman–Crippen MR) is 193 cm³/mol. The third-order valence-electron chi connectivity index (χ3n) is 8.41. The fourth-order valence-corrected chi connectivity index (χ4v) is 6.64. The molecule has 3 aromatic carbocycles. The number of hydrogen-bond acceptors (Lipinski definition) is 6. The van der Waals surface area contributed by atoms with Gasteiger partial charge in [0.05, 0.1) is 24.0 Å². The summed E-state index contributed by atoms with van der Waals surface area (Å²) in [6.07, 6.45) is 1.14. The zero-order valence-corrected chi connectivity index (χ0v) is 29.6. The maximum atomic E-state index is 14.7. The van der Waals surface area contributed by atoms with Gasteiger partial charge < -0.3 is 14.5 Å². The van der Waals surface area contributed by atoms with Crippen LogP contribution in [0.2, 0.25) is 10.0 Å². The average Bonchev–Trinajstić information content (AvgIpc) is 3.40. The Bertz CT molecular complexity index is 1770. The van der Waals surface area contributed by atoms with Crippen LogP contribution in [-0.2, 0) is 20.0 Å². The van der Waals surface area contributed by atoms with E-state index in [-0.39, 0.29) is 50.7 Å². The van der Waals surface area contributed by atoms with Gasteiger partial charge in [-0.15, -0.1) is 0 Å². The first kappa shape index (κ1) is 37.2. The summed E-state index contributed by atoms with van der Waals surface area (Å²) in [5.74, 6) is 0.574. The number of hydrogen-bond donors (Lipinski definition) is 0. The Morgan fingerprint density at radius 3 is 2.10 bits per heavy atom. The second-order valence-corrected chi connectivity index (χ2v) is 16.1. The summed E-state index contributed by atoms with van der Waals surface area (Å²) >= 11 is 12.6. The highest BCUT2D eigenvalue weighted by Crippen LogP contribution is 2.46. The normalized spacial score (nSPS) is 18.4. The SMILES string of the molecule is C.CCOc1cc(C(C)(C)C)ccc1C1=N[C@@H](c2ccc(Cl)cc2)[C@@H](c2ccc(Cl)cc2)N1C(=O)N1CCN(CCS(C)(=O)=O)C(=O)C1. The van der Waals surface area contributed by atoms with E-state index in [1.165, 1.54) is 9.80 Å². The summed E-state index contributed by atoms with van der Waals surface area (Å²) in [4.78, 5) is 37.9. The van der Waals surface area contributed by atoms with E-state index in [2.05, 4.69) is 20.8 Å². The van der Waals surface area contributed by atoms with E-state index in [0.29, 0.717) is 33.8 Å². The lowest BCUT2D eigenvalue weighted by atomic mass is 9.86. The molecule has 0 aliphatic carbocycles. The van der Waals surface area contributed by atoms with Gasteiger partial charge >= 0.3 is 6.03 Å². The van der Waals surface area contributed by atoms with Crippen LogP contribution in [0.5, 0.6) is 5.75 Å². The van der Waals surface area contributed by atoms with Crippen molar-refractivity contribution in [2.75, 3.05) is 44.8 Å². The summed E-state index contributed by atoms with van der Waals surface area (Å²) in [5, 5.41) is 1.14. The van der Waals surface area contributed by atoms with Gasteiger partial charge in [-0.1, -0.05) is 81.7 Å². The molecular formula is C36H44Cl2N4O5S. The second-order valence-electron chi connectivity index (χ2n) is 12.9. The molecular weight excluding hydrogens is 671 g/mol. The molecule has 5 rings (SSSR count). The summed E-state index contributed by atoms with van der Waals surface area (Å²) in [7, 11) is -3.25. The van der Waals surface area contributed by atoms with Crippen molar-refractivity contribution in [3.05, 3.63) is 99.0 Å². The van der Waals surface area contributed by atoms with Crippen LogP contribution in [-0.4, -0.2) is 85.7 Å². The molecule has 9 nitrogen and oxygen atoms in total. The molecule has 0 saturated carbocycles. The van der Waals surface area contributed by atoms with Crippen LogP contribution in [0.3, 0.4) is 0 Å². The highest BCUT2D eigenvalue weighted by Gasteiger charge is 2.45. The number of nitrogens with zero attached hydrogens (tertiary/aromatic N) is 4. The smallest absolute Gasteiger partial charge is 0.326 e. The summed E-state index contributed by atoms with van der Waals surface area (Å²) in [5.41, 5.74) is 3.24. The van der Waals surface area contributed by atoms with Gasteiger partial charge in [0, 0.05) is 35.9 Å². The molecule has 1 fully saturated rings. The number of aliphatic imine (C=N–C) groups is 1.